The highest BCUT2D eigenvalue weighted by Gasteiger charge is 1.99. The number of hydrogen-bond acceptors (Lipinski definition) is 4. The summed E-state index contributed by atoms with van der Waals surface area (Å²) in [6, 6.07) is 7.61. The highest BCUT2D eigenvalue weighted by Crippen LogP contribution is 2.21. The smallest absolute Gasteiger partial charge is 0.183 e. The van der Waals surface area contributed by atoms with Crippen LogP contribution in [0.15, 0.2) is 29.3 Å². The lowest BCUT2D eigenvalue weighted by molar-refractivity contribution is 0.305. The Morgan fingerprint density at radius 1 is 1.40 bits per heavy atom. The number of aliphatic imine (C=N–C) groups is 1. The van der Waals surface area contributed by atoms with E-state index in [1.165, 1.54) is 31.0 Å². The van der Waals surface area contributed by atoms with Gasteiger partial charge in [-0.3, -0.25) is 5.32 Å². The number of thioether (sulfide) groups is 1. The normalized spacial score (nSPS) is 10.9. The fraction of sp³-hybridized carbons (Fsp3) is 0.467. The van der Waals surface area contributed by atoms with Gasteiger partial charge in [0.15, 0.2) is 11.4 Å². The number of amidine groups is 1. The predicted molar refractivity (Wildman–Crippen MR) is 85.4 cm³/mol. The second kappa shape index (κ2) is 10.2. The standard InChI is InChI=1S/C15H21N3OS/c1-3-4-5-6-10-19-14-9-7-8-13(11-14)18-15(20-2)17-12-16/h7-9,11H,3-6,10H2,1-2H3,(H,17,18). The van der Waals surface area contributed by atoms with E-state index in [1.54, 1.807) is 0 Å². The van der Waals surface area contributed by atoms with E-state index in [1.807, 2.05) is 36.7 Å². The second-order valence-electron chi connectivity index (χ2n) is 4.26. The van der Waals surface area contributed by atoms with Gasteiger partial charge in [-0.05, 0) is 24.8 Å². The van der Waals surface area contributed by atoms with Crippen LogP contribution < -0.4 is 10.1 Å². The first-order valence-electron chi connectivity index (χ1n) is 6.80. The Kier molecular flexibility index (Phi) is 8.32. The van der Waals surface area contributed by atoms with Gasteiger partial charge in [0.1, 0.15) is 5.75 Å². The molecule has 1 aromatic rings. The molecule has 20 heavy (non-hydrogen) atoms. The monoisotopic (exact) mass is 291 g/mol. The lowest BCUT2D eigenvalue weighted by atomic mass is 10.2. The van der Waals surface area contributed by atoms with Gasteiger partial charge in [-0.15, -0.1) is 0 Å². The van der Waals surface area contributed by atoms with Crippen molar-refractivity contribution in [2.75, 3.05) is 12.9 Å². The van der Waals surface area contributed by atoms with E-state index in [-0.39, 0.29) is 0 Å². The number of ether oxygens (including phenoxy) is 1. The molecule has 0 fully saturated rings. The highest BCUT2D eigenvalue weighted by atomic mass is 32.2. The van der Waals surface area contributed by atoms with Crippen molar-refractivity contribution in [2.45, 2.75) is 32.6 Å². The average Bonchev–Trinajstić information content (AvgIpc) is 2.47. The Hall–Kier alpha value is -1.67. The largest absolute Gasteiger partial charge is 0.494 e. The molecule has 1 N–H and O–H groups in total. The van der Waals surface area contributed by atoms with Gasteiger partial charge >= 0.3 is 0 Å². The quantitative estimate of drug-likeness (QED) is 0.270. The molecule has 0 unspecified atom stereocenters. The topological polar surface area (TPSA) is 57.4 Å². The van der Waals surface area contributed by atoms with Gasteiger partial charge in [0.25, 0.3) is 0 Å². The molecule has 0 saturated carbocycles. The Morgan fingerprint density at radius 2 is 2.25 bits per heavy atom. The van der Waals surface area contributed by atoms with Crippen LogP contribution in [0.1, 0.15) is 32.6 Å². The van der Waals surface area contributed by atoms with Crippen molar-refractivity contribution in [3.05, 3.63) is 24.3 Å². The van der Waals surface area contributed by atoms with Gasteiger partial charge in [-0.1, -0.05) is 44.0 Å². The van der Waals surface area contributed by atoms with Gasteiger partial charge in [0.2, 0.25) is 0 Å². The number of nitriles is 1. The van der Waals surface area contributed by atoms with Crippen molar-refractivity contribution in [2.24, 2.45) is 4.99 Å². The van der Waals surface area contributed by atoms with E-state index in [4.69, 9.17) is 10.00 Å². The number of nitrogens with zero attached hydrogens (tertiary/aromatic N) is 2. The summed E-state index contributed by atoms with van der Waals surface area (Å²) in [6.45, 7) is 2.93. The van der Waals surface area contributed by atoms with Crippen LogP contribution in [-0.4, -0.2) is 18.0 Å². The van der Waals surface area contributed by atoms with E-state index in [2.05, 4.69) is 17.2 Å². The number of benzene rings is 1. The molecule has 0 atom stereocenters. The van der Waals surface area contributed by atoms with Crippen LogP contribution in [0.4, 0.5) is 5.69 Å². The highest BCUT2D eigenvalue weighted by molar-refractivity contribution is 8.13. The lowest BCUT2D eigenvalue weighted by Gasteiger charge is -2.07. The van der Waals surface area contributed by atoms with E-state index in [0.717, 1.165) is 24.5 Å². The van der Waals surface area contributed by atoms with Gasteiger partial charge in [-0.2, -0.15) is 5.26 Å². The Labute approximate surface area is 125 Å². The zero-order chi connectivity index (χ0) is 14.6. The zero-order valence-electron chi connectivity index (χ0n) is 12.1. The Bertz CT molecular complexity index is 468. The van der Waals surface area contributed by atoms with Crippen LogP contribution in [0.2, 0.25) is 0 Å². The summed E-state index contributed by atoms with van der Waals surface area (Å²) in [4.78, 5) is 4.35. The summed E-state index contributed by atoms with van der Waals surface area (Å²) in [5, 5.41) is 11.7. The number of hydrogen-bond donors (Lipinski definition) is 1. The minimum atomic E-state index is 0.576. The van der Waals surface area contributed by atoms with Crippen LogP contribution >= 0.6 is 11.8 Å². The van der Waals surface area contributed by atoms with Crippen LogP contribution in [0.3, 0.4) is 0 Å². The molecule has 0 spiro atoms. The van der Waals surface area contributed by atoms with Gasteiger partial charge < -0.3 is 4.74 Å². The van der Waals surface area contributed by atoms with Crippen molar-refractivity contribution in [1.82, 2.24) is 5.32 Å². The fourth-order valence-electron chi connectivity index (χ4n) is 1.65. The minimum absolute atomic E-state index is 0.576. The minimum Gasteiger partial charge on any atom is -0.494 e. The first-order valence-corrected chi connectivity index (χ1v) is 8.03. The van der Waals surface area contributed by atoms with Gasteiger partial charge in [0.05, 0.1) is 12.3 Å². The first-order chi connectivity index (χ1) is 9.80. The third kappa shape index (κ3) is 6.48. The third-order valence-corrected chi connectivity index (χ3v) is 3.25. The summed E-state index contributed by atoms with van der Waals surface area (Å²) < 4.78 is 5.71. The molecule has 0 saturated heterocycles. The van der Waals surface area contributed by atoms with Crippen LogP contribution in [-0.2, 0) is 0 Å². The van der Waals surface area contributed by atoms with E-state index >= 15 is 0 Å². The molecule has 0 bridgehead atoms. The molecule has 5 heteroatoms. The predicted octanol–water partition coefficient (Wildman–Crippen LogP) is 4.07. The molecular formula is C15H21N3OS. The van der Waals surface area contributed by atoms with E-state index in [9.17, 15) is 0 Å². The maximum Gasteiger partial charge on any atom is 0.183 e. The first kappa shape index (κ1) is 16.4. The summed E-state index contributed by atoms with van der Waals surface area (Å²) in [5.74, 6) is 0.820. The van der Waals surface area contributed by atoms with E-state index < -0.39 is 0 Å². The summed E-state index contributed by atoms with van der Waals surface area (Å²) in [6.07, 6.45) is 8.51. The average molecular weight is 291 g/mol. The third-order valence-electron chi connectivity index (χ3n) is 2.67. The molecule has 108 valence electrons. The molecule has 0 aliphatic rings. The van der Waals surface area contributed by atoms with Crippen molar-refractivity contribution < 1.29 is 4.74 Å². The fourth-order valence-corrected chi connectivity index (χ4v) is 2.00. The summed E-state index contributed by atoms with van der Waals surface area (Å²) in [5.41, 5.74) is 0.781. The molecule has 0 aromatic heterocycles. The van der Waals surface area contributed by atoms with Crippen LogP contribution in [0.25, 0.3) is 0 Å². The van der Waals surface area contributed by atoms with Crippen molar-refractivity contribution in [1.29, 1.82) is 5.26 Å². The molecule has 1 aromatic carbocycles. The zero-order valence-corrected chi connectivity index (χ0v) is 12.9. The van der Waals surface area contributed by atoms with Crippen LogP contribution in [0, 0.1) is 11.5 Å². The number of rotatable bonds is 7. The Balaban J connectivity index is 2.55. The molecule has 0 heterocycles. The molecule has 1 rings (SSSR count). The Morgan fingerprint density at radius 3 is 2.95 bits per heavy atom. The molecule has 0 radical (unpaired) electrons. The summed E-state index contributed by atoms with van der Waals surface area (Å²) in [7, 11) is 0. The maximum absolute atomic E-state index is 8.61. The molecule has 4 nitrogen and oxygen atoms in total. The van der Waals surface area contributed by atoms with Gasteiger partial charge in [0, 0.05) is 6.07 Å². The van der Waals surface area contributed by atoms with Crippen molar-refractivity contribution >= 4 is 22.6 Å². The SMILES string of the molecule is CCCCCCOc1cccc(N=C(NC#N)SC)c1. The van der Waals surface area contributed by atoms with Crippen LogP contribution in [0.5, 0.6) is 5.75 Å². The van der Waals surface area contributed by atoms with Gasteiger partial charge in [-0.25, -0.2) is 4.99 Å². The van der Waals surface area contributed by atoms with Crippen molar-refractivity contribution in [3.8, 4) is 11.9 Å². The maximum atomic E-state index is 8.61. The van der Waals surface area contributed by atoms with E-state index in [0.29, 0.717) is 5.17 Å². The number of nitrogens with one attached hydrogen (secondary N) is 1. The molecule has 0 aliphatic carbocycles. The number of unbranched alkanes of at least 4 members (excludes halogenated alkanes) is 3. The lowest BCUT2D eigenvalue weighted by Crippen LogP contribution is -2.12. The molecule has 0 amide bonds. The second-order valence-corrected chi connectivity index (χ2v) is 5.06. The molecular weight excluding hydrogens is 270 g/mol. The summed E-state index contributed by atoms with van der Waals surface area (Å²) >= 11 is 1.40. The van der Waals surface area contributed by atoms with Crippen molar-refractivity contribution in [3.63, 3.8) is 0 Å². The molecule has 0 aliphatic heterocycles.